The Labute approximate surface area is 122 Å². The summed E-state index contributed by atoms with van der Waals surface area (Å²) in [5, 5.41) is 7.12. The lowest BCUT2D eigenvalue weighted by Gasteiger charge is -2.09. The van der Waals surface area contributed by atoms with Gasteiger partial charge in [0.2, 0.25) is 0 Å². The standard InChI is InChI=1S/C12H19NO.C2HF3O2/c1-13(2)10-4-5-11-6-8-12(14-3)9-7-11;3-2(4,5)1(6)7/h6-9H,4-5,10H2,1-3H3;(H,6,7). The van der Waals surface area contributed by atoms with Crippen LogP contribution in [0.4, 0.5) is 13.2 Å². The van der Waals surface area contributed by atoms with Crippen molar-refractivity contribution in [2.75, 3.05) is 27.7 Å². The van der Waals surface area contributed by atoms with Crippen LogP contribution < -0.4 is 4.74 Å². The van der Waals surface area contributed by atoms with E-state index in [4.69, 9.17) is 14.6 Å². The molecule has 0 bridgehead atoms. The van der Waals surface area contributed by atoms with Crippen LogP contribution in [0.1, 0.15) is 12.0 Å². The van der Waals surface area contributed by atoms with Crippen LogP contribution in [0.15, 0.2) is 24.3 Å². The highest BCUT2D eigenvalue weighted by atomic mass is 19.4. The van der Waals surface area contributed by atoms with Gasteiger partial charge in [0.05, 0.1) is 7.11 Å². The number of halogens is 3. The molecule has 0 saturated heterocycles. The van der Waals surface area contributed by atoms with Gasteiger partial charge in [0.1, 0.15) is 5.75 Å². The number of benzene rings is 1. The predicted octanol–water partition coefficient (Wildman–Crippen LogP) is 2.82. The average Bonchev–Trinajstić information content (AvgIpc) is 2.38. The van der Waals surface area contributed by atoms with E-state index in [0.29, 0.717) is 0 Å². The molecule has 0 aromatic heterocycles. The molecule has 120 valence electrons. The molecule has 0 amide bonds. The molecule has 0 saturated carbocycles. The maximum Gasteiger partial charge on any atom is 0.490 e. The number of hydrogen-bond donors (Lipinski definition) is 1. The van der Waals surface area contributed by atoms with Crippen molar-refractivity contribution in [2.24, 2.45) is 0 Å². The van der Waals surface area contributed by atoms with Crippen LogP contribution in [0, 0.1) is 0 Å². The van der Waals surface area contributed by atoms with E-state index >= 15 is 0 Å². The Bertz CT molecular complexity index is 416. The number of carboxylic acid groups (broad SMARTS) is 1. The summed E-state index contributed by atoms with van der Waals surface area (Å²) in [4.78, 5) is 11.1. The Kier molecular flexibility index (Phi) is 8.45. The van der Waals surface area contributed by atoms with Gasteiger partial charge < -0.3 is 14.7 Å². The lowest BCUT2D eigenvalue weighted by molar-refractivity contribution is -0.192. The Morgan fingerprint density at radius 1 is 1.24 bits per heavy atom. The van der Waals surface area contributed by atoms with E-state index in [1.807, 2.05) is 12.1 Å². The summed E-state index contributed by atoms with van der Waals surface area (Å²) in [6.07, 6.45) is -2.73. The van der Waals surface area contributed by atoms with Gasteiger partial charge in [0.25, 0.3) is 0 Å². The molecule has 1 aromatic rings. The number of rotatable bonds is 5. The Hall–Kier alpha value is -1.76. The third-order valence-corrected chi connectivity index (χ3v) is 2.47. The molecule has 0 aliphatic carbocycles. The zero-order valence-electron chi connectivity index (χ0n) is 12.3. The molecule has 1 aromatic carbocycles. The average molecular weight is 307 g/mol. The molecule has 4 nitrogen and oxygen atoms in total. The molecular weight excluding hydrogens is 287 g/mol. The van der Waals surface area contributed by atoms with Gasteiger partial charge in [0.15, 0.2) is 0 Å². The maximum atomic E-state index is 10.6. The molecule has 0 fully saturated rings. The summed E-state index contributed by atoms with van der Waals surface area (Å²) in [6.45, 7) is 1.14. The maximum absolute atomic E-state index is 10.6. The van der Waals surface area contributed by atoms with Crippen LogP contribution in [0.5, 0.6) is 5.75 Å². The van der Waals surface area contributed by atoms with Gasteiger partial charge in [-0.15, -0.1) is 0 Å². The van der Waals surface area contributed by atoms with Crippen LogP contribution in [0.25, 0.3) is 0 Å². The molecule has 1 rings (SSSR count). The van der Waals surface area contributed by atoms with Gasteiger partial charge in [0, 0.05) is 0 Å². The lowest BCUT2D eigenvalue weighted by atomic mass is 10.1. The van der Waals surface area contributed by atoms with Crippen molar-refractivity contribution in [3.8, 4) is 5.75 Å². The summed E-state index contributed by atoms with van der Waals surface area (Å²) < 4.78 is 36.8. The fourth-order valence-electron chi connectivity index (χ4n) is 1.39. The molecule has 0 heterocycles. The molecule has 0 radical (unpaired) electrons. The molecule has 0 aliphatic heterocycles. The van der Waals surface area contributed by atoms with Crippen LogP contribution >= 0.6 is 0 Å². The molecule has 21 heavy (non-hydrogen) atoms. The molecule has 0 aliphatic rings. The molecular formula is C14H20F3NO3. The first-order valence-corrected chi connectivity index (χ1v) is 6.24. The summed E-state index contributed by atoms with van der Waals surface area (Å²) in [7, 11) is 5.91. The van der Waals surface area contributed by atoms with Gasteiger partial charge in [-0.1, -0.05) is 12.1 Å². The largest absolute Gasteiger partial charge is 0.497 e. The number of aryl methyl sites for hydroxylation is 1. The highest BCUT2D eigenvalue weighted by Gasteiger charge is 2.38. The Morgan fingerprint density at radius 3 is 2.05 bits per heavy atom. The fraction of sp³-hybridized carbons (Fsp3) is 0.500. The monoisotopic (exact) mass is 307 g/mol. The van der Waals surface area contributed by atoms with Gasteiger partial charge in [-0.2, -0.15) is 13.2 Å². The van der Waals surface area contributed by atoms with E-state index in [0.717, 1.165) is 18.7 Å². The number of nitrogens with zero attached hydrogens (tertiary/aromatic N) is 1. The molecule has 0 spiro atoms. The van der Waals surface area contributed by atoms with Crippen molar-refractivity contribution in [3.63, 3.8) is 0 Å². The quantitative estimate of drug-likeness (QED) is 0.909. The number of methoxy groups -OCH3 is 1. The summed E-state index contributed by atoms with van der Waals surface area (Å²) in [5.74, 6) is -1.83. The number of carboxylic acids is 1. The van der Waals surface area contributed by atoms with Crippen LogP contribution in [-0.2, 0) is 11.2 Å². The number of carbonyl (C=O) groups is 1. The highest BCUT2D eigenvalue weighted by molar-refractivity contribution is 5.73. The van der Waals surface area contributed by atoms with Gasteiger partial charge in [-0.3, -0.25) is 0 Å². The topological polar surface area (TPSA) is 49.8 Å². The zero-order chi connectivity index (χ0) is 16.5. The van der Waals surface area contributed by atoms with Gasteiger partial charge in [-0.05, 0) is 51.2 Å². The zero-order valence-corrected chi connectivity index (χ0v) is 12.3. The first-order valence-electron chi connectivity index (χ1n) is 6.24. The summed E-state index contributed by atoms with van der Waals surface area (Å²) in [6, 6.07) is 8.30. The number of alkyl halides is 3. The first kappa shape index (κ1) is 19.2. The third kappa shape index (κ3) is 9.73. The Balaban J connectivity index is 0.000000486. The smallest absolute Gasteiger partial charge is 0.490 e. The minimum atomic E-state index is -5.08. The normalized spacial score (nSPS) is 10.8. The van der Waals surface area contributed by atoms with Crippen molar-refractivity contribution < 1.29 is 27.8 Å². The third-order valence-electron chi connectivity index (χ3n) is 2.47. The molecule has 7 heteroatoms. The number of aliphatic carboxylic acids is 1. The van der Waals surface area contributed by atoms with Crippen LogP contribution in [0.3, 0.4) is 0 Å². The van der Waals surface area contributed by atoms with Gasteiger partial charge in [-0.25, -0.2) is 4.79 Å². The molecule has 0 atom stereocenters. The van der Waals surface area contributed by atoms with Gasteiger partial charge >= 0.3 is 12.1 Å². The molecule has 1 N–H and O–H groups in total. The van der Waals surface area contributed by atoms with Crippen molar-refractivity contribution >= 4 is 5.97 Å². The fourth-order valence-corrected chi connectivity index (χ4v) is 1.39. The second-order valence-electron chi connectivity index (χ2n) is 4.56. The minimum absolute atomic E-state index is 0.932. The van der Waals surface area contributed by atoms with Crippen LogP contribution in [-0.4, -0.2) is 49.9 Å². The lowest BCUT2D eigenvalue weighted by Crippen LogP contribution is -2.21. The number of ether oxygens (including phenoxy) is 1. The van der Waals surface area contributed by atoms with E-state index in [1.165, 1.54) is 12.0 Å². The SMILES string of the molecule is COc1ccc(CCCN(C)C)cc1.O=C(O)C(F)(F)F. The second kappa shape index (κ2) is 9.23. The van der Waals surface area contributed by atoms with Crippen LogP contribution in [0.2, 0.25) is 0 Å². The molecule has 0 unspecified atom stereocenters. The van der Waals surface area contributed by atoms with E-state index < -0.39 is 12.1 Å². The highest BCUT2D eigenvalue weighted by Crippen LogP contribution is 2.13. The Morgan fingerprint density at radius 2 is 1.71 bits per heavy atom. The second-order valence-corrected chi connectivity index (χ2v) is 4.56. The van der Waals surface area contributed by atoms with E-state index in [1.54, 1.807) is 7.11 Å². The first-order chi connectivity index (χ1) is 9.66. The van der Waals surface area contributed by atoms with E-state index in [-0.39, 0.29) is 0 Å². The van der Waals surface area contributed by atoms with Crippen molar-refractivity contribution in [1.29, 1.82) is 0 Å². The van der Waals surface area contributed by atoms with Crippen molar-refractivity contribution in [3.05, 3.63) is 29.8 Å². The van der Waals surface area contributed by atoms with E-state index in [2.05, 4.69) is 31.1 Å². The van der Waals surface area contributed by atoms with Crippen molar-refractivity contribution in [1.82, 2.24) is 4.90 Å². The van der Waals surface area contributed by atoms with Crippen molar-refractivity contribution in [2.45, 2.75) is 19.0 Å². The predicted molar refractivity (Wildman–Crippen MR) is 73.6 cm³/mol. The summed E-state index contributed by atoms with van der Waals surface area (Å²) in [5.41, 5.74) is 1.38. The van der Waals surface area contributed by atoms with E-state index in [9.17, 15) is 13.2 Å². The number of hydrogen-bond acceptors (Lipinski definition) is 3. The summed E-state index contributed by atoms with van der Waals surface area (Å²) >= 11 is 0. The minimum Gasteiger partial charge on any atom is -0.497 e.